The first-order valence-electron chi connectivity index (χ1n) is 5.47. The van der Waals surface area contributed by atoms with Crippen molar-refractivity contribution in [1.29, 1.82) is 0 Å². The number of nitrogens with one attached hydrogen (secondary N) is 1. The summed E-state index contributed by atoms with van der Waals surface area (Å²) in [5.74, 6) is -1.36. The molecule has 1 heterocycles. The molecule has 0 aromatic carbocycles. The summed E-state index contributed by atoms with van der Waals surface area (Å²) in [6, 6.07) is 0. The van der Waals surface area contributed by atoms with Crippen molar-refractivity contribution >= 4 is 17.8 Å². The van der Waals surface area contributed by atoms with E-state index in [0.29, 0.717) is 6.42 Å². The lowest BCUT2D eigenvalue weighted by atomic mass is 10.2. The molecule has 0 bridgehead atoms. The van der Waals surface area contributed by atoms with Crippen LogP contribution in [-0.4, -0.2) is 36.1 Å². The van der Waals surface area contributed by atoms with Gasteiger partial charge in [-0.25, -0.2) is 0 Å². The van der Waals surface area contributed by atoms with Gasteiger partial charge < -0.3 is 14.8 Å². The number of amides is 1. The zero-order valence-corrected chi connectivity index (χ0v) is 10.2. The normalized spacial score (nSPS) is 19.7. The van der Waals surface area contributed by atoms with Gasteiger partial charge in [-0.15, -0.1) is 0 Å². The molecule has 1 aliphatic rings. The van der Waals surface area contributed by atoms with Crippen LogP contribution < -0.4 is 5.32 Å². The molecule has 6 heteroatoms. The van der Waals surface area contributed by atoms with Gasteiger partial charge >= 0.3 is 11.9 Å². The Bertz CT molecular complexity index is 331. The minimum absolute atomic E-state index is 0.218. The third kappa shape index (κ3) is 4.84. The van der Waals surface area contributed by atoms with Gasteiger partial charge in [-0.2, -0.15) is 0 Å². The van der Waals surface area contributed by atoms with Gasteiger partial charge in [-0.3, -0.25) is 14.4 Å². The SMILES string of the molecule is CC(C)(C)OC(=O)CNC(=O)[C@@H]1CCC(=O)O1. The summed E-state index contributed by atoms with van der Waals surface area (Å²) in [5.41, 5.74) is -0.582. The number of esters is 2. The van der Waals surface area contributed by atoms with Gasteiger partial charge in [0, 0.05) is 12.8 Å². The number of hydrogen-bond donors (Lipinski definition) is 1. The second-order valence-electron chi connectivity index (χ2n) is 4.82. The molecule has 1 atom stereocenters. The molecule has 1 saturated heterocycles. The number of rotatable bonds is 3. The van der Waals surface area contributed by atoms with Crippen LogP contribution in [0.5, 0.6) is 0 Å². The van der Waals surface area contributed by atoms with Crippen molar-refractivity contribution in [2.45, 2.75) is 45.3 Å². The maximum atomic E-state index is 11.5. The van der Waals surface area contributed by atoms with Crippen LogP contribution in [0.3, 0.4) is 0 Å². The molecule has 1 amide bonds. The molecule has 6 nitrogen and oxygen atoms in total. The largest absolute Gasteiger partial charge is 0.459 e. The lowest BCUT2D eigenvalue weighted by Gasteiger charge is -2.19. The van der Waals surface area contributed by atoms with Crippen molar-refractivity contribution in [3.8, 4) is 0 Å². The molecule has 0 saturated carbocycles. The van der Waals surface area contributed by atoms with E-state index in [4.69, 9.17) is 9.47 Å². The number of carbonyl (C=O) groups is 3. The zero-order chi connectivity index (χ0) is 13.1. The predicted molar refractivity (Wildman–Crippen MR) is 58.0 cm³/mol. The molecule has 96 valence electrons. The van der Waals surface area contributed by atoms with Gasteiger partial charge in [0.05, 0.1) is 0 Å². The van der Waals surface area contributed by atoms with Crippen LogP contribution >= 0.6 is 0 Å². The fourth-order valence-corrected chi connectivity index (χ4v) is 1.36. The molecule has 0 radical (unpaired) electrons. The van der Waals surface area contributed by atoms with E-state index >= 15 is 0 Å². The van der Waals surface area contributed by atoms with E-state index in [1.54, 1.807) is 20.8 Å². The van der Waals surface area contributed by atoms with E-state index < -0.39 is 23.6 Å². The quantitative estimate of drug-likeness (QED) is 0.713. The summed E-state index contributed by atoms with van der Waals surface area (Å²) in [6.45, 7) is 5.01. The Labute approximate surface area is 99.6 Å². The Morgan fingerprint density at radius 3 is 2.59 bits per heavy atom. The van der Waals surface area contributed by atoms with Crippen LogP contribution in [0.4, 0.5) is 0 Å². The van der Waals surface area contributed by atoms with Crippen molar-refractivity contribution in [1.82, 2.24) is 5.32 Å². The summed E-state index contributed by atoms with van der Waals surface area (Å²) < 4.78 is 9.76. The fraction of sp³-hybridized carbons (Fsp3) is 0.727. The van der Waals surface area contributed by atoms with Gasteiger partial charge in [0.1, 0.15) is 12.1 Å². The van der Waals surface area contributed by atoms with Crippen molar-refractivity contribution in [3.05, 3.63) is 0 Å². The molecule has 0 spiro atoms. The second-order valence-corrected chi connectivity index (χ2v) is 4.82. The van der Waals surface area contributed by atoms with Gasteiger partial charge in [0.25, 0.3) is 5.91 Å². The lowest BCUT2D eigenvalue weighted by Crippen LogP contribution is -2.39. The molecule has 1 rings (SSSR count). The van der Waals surface area contributed by atoms with Gasteiger partial charge in [-0.05, 0) is 20.8 Å². The van der Waals surface area contributed by atoms with E-state index in [-0.39, 0.29) is 18.9 Å². The molecule has 1 N–H and O–H groups in total. The van der Waals surface area contributed by atoms with Crippen LogP contribution in [0.1, 0.15) is 33.6 Å². The highest BCUT2D eigenvalue weighted by Crippen LogP contribution is 2.13. The van der Waals surface area contributed by atoms with E-state index in [1.165, 1.54) is 0 Å². The van der Waals surface area contributed by atoms with Crippen molar-refractivity contribution in [2.75, 3.05) is 6.54 Å². The topological polar surface area (TPSA) is 81.7 Å². The number of carbonyl (C=O) groups excluding carboxylic acids is 3. The number of ether oxygens (including phenoxy) is 2. The first-order valence-corrected chi connectivity index (χ1v) is 5.47. The molecule has 0 aromatic heterocycles. The second kappa shape index (κ2) is 5.16. The average Bonchev–Trinajstić information content (AvgIpc) is 2.58. The Balaban J connectivity index is 2.29. The fourth-order valence-electron chi connectivity index (χ4n) is 1.36. The third-order valence-corrected chi connectivity index (χ3v) is 2.00. The van der Waals surface area contributed by atoms with Crippen LogP contribution in [0.2, 0.25) is 0 Å². The predicted octanol–water partition coefficient (Wildman–Crippen LogP) is 0.150. The molecule has 1 aliphatic heterocycles. The van der Waals surface area contributed by atoms with Gasteiger partial charge in [0.2, 0.25) is 0 Å². The summed E-state index contributed by atoms with van der Waals surface area (Å²) in [4.78, 5) is 33.6. The standard InChI is InChI=1S/C11H17NO5/c1-11(2,3)17-9(14)6-12-10(15)7-4-5-8(13)16-7/h7H,4-6H2,1-3H3,(H,12,15)/t7-/m0/s1. The molecule has 1 fully saturated rings. The Morgan fingerprint density at radius 1 is 1.47 bits per heavy atom. The third-order valence-electron chi connectivity index (χ3n) is 2.00. The molecule has 0 aliphatic carbocycles. The first kappa shape index (κ1) is 13.5. The van der Waals surface area contributed by atoms with Crippen molar-refractivity contribution < 1.29 is 23.9 Å². The van der Waals surface area contributed by atoms with E-state index in [9.17, 15) is 14.4 Å². The minimum Gasteiger partial charge on any atom is -0.459 e. The Hall–Kier alpha value is -1.59. The van der Waals surface area contributed by atoms with Gasteiger partial charge in [-0.1, -0.05) is 0 Å². The highest BCUT2D eigenvalue weighted by molar-refractivity contribution is 5.88. The molecule has 0 aromatic rings. The van der Waals surface area contributed by atoms with Crippen molar-refractivity contribution in [2.24, 2.45) is 0 Å². The molecule has 0 unspecified atom stereocenters. The molecule has 17 heavy (non-hydrogen) atoms. The van der Waals surface area contributed by atoms with Crippen LogP contribution in [0, 0.1) is 0 Å². The smallest absolute Gasteiger partial charge is 0.325 e. The van der Waals surface area contributed by atoms with E-state index in [2.05, 4.69) is 5.32 Å². The van der Waals surface area contributed by atoms with Crippen LogP contribution in [-0.2, 0) is 23.9 Å². The lowest BCUT2D eigenvalue weighted by molar-refractivity contribution is -0.155. The molecular weight excluding hydrogens is 226 g/mol. The maximum absolute atomic E-state index is 11.5. The first-order chi connectivity index (χ1) is 7.78. The Morgan fingerprint density at radius 2 is 2.12 bits per heavy atom. The number of cyclic esters (lactones) is 1. The highest BCUT2D eigenvalue weighted by atomic mass is 16.6. The van der Waals surface area contributed by atoms with E-state index in [1.807, 2.05) is 0 Å². The van der Waals surface area contributed by atoms with Crippen molar-refractivity contribution in [3.63, 3.8) is 0 Å². The van der Waals surface area contributed by atoms with Crippen LogP contribution in [0.15, 0.2) is 0 Å². The minimum atomic E-state index is -0.773. The maximum Gasteiger partial charge on any atom is 0.325 e. The zero-order valence-electron chi connectivity index (χ0n) is 10.2. The molecular formula is C11H17NO5. The monoisotopic (exact) mass is 243 g/mol. The Kier molecular flexibility index (Phi) is 4.09. The van der Waals surface area contributed by atoms with E-state index in [0.717, 1.165) is 0 Å². The van der Waals surface area contributed by atoms with Crippen LogP contribution in [0.25, 0.3) is 0 Å². The summed E-state index contributed by atoms with van der Waals surface area (Å²) in [5, 5.41) is 2.38. The summed E-state index contributed by atoms with van der Waals surface area (Å²) in [7, 11) is 0. The summed E-state index contributed by atoms with van der Waals surface area (Å²) >= 11 is 0. The van der Waals surface area contributed by atoms with Gasteiger partial charge in [0.15, 0.2) is 6.10 Å². The number of hydrogen-bond acceptors (Lipinski definition) is 5. The average molecular weight is 243 g/mol. The highest BCUT2D eigenvalue weighted by Gasteiger charge is 2.30. The summed E-state index contributed by atoms with van der Waals surface area (Å²) in [6.07, 6.45) is -0.173.